The van der Waals surface area contributed by atoms with Gasteiger partial charge in [0.2, 0.25) is 0 Å². The zero-order valence-electron chi connectivity index (χ0n) is 19.2. The zero-order valence-corrected chi connectivity index (χ0v) is 19.2. The molecule has 0 bridgehead atoms. The molecule has 0 saturated heterocycles. The first-order valence-corrected chi connectivity index (χ1v) is 10.8. The molecule has 3 aromatic rings. The SMILES string of the molecule is CCC[C@@H](Nc1nc(Nc2ccnc(-c3cc(OC)ccc3F)c2)c(C(N)=O)cc1F)[C@H](C)N. The predicted octanol–water partition coefficient (Wildman–Crippen LogP) is 4.20. The molecule has 2 heterocycles. The van der Waals surface area contributed by atoms with Crippen molar-refractivity contribution in [3.63, 3.8) is 0 Å². The van der Waals surface area contributed by atoms with E-state index in [1.165, 1.54) is 31.5 Å². The van der Waals surface area contributed by atoms with Gasteiger partial charge in [-0.3, -0.25) is 9.78 Å². The first-order valence-electron chi connectivity index (χ1n) is 10.8. The summed E-state index contributed by atoms with van der Waals surface area (Å²) in [4.78, 5) is 20.5. The summed E-state index contributed by atoms with van der Waals surface area (Å²) in [7, 11) is 1.48. The monoisotopic (exact) mass is 470 g/mol. The number of pyridine rings is 2. The van der Waals surface area contributed by atoms with Crippen molar-refractivity contribution in [3.05, 3.63) is 59.8 Å². The maximum Gasteiger partial charge on any atom is 0.252 e. The van der Waals surface area contributed by atoms with E-state index in [1.807, 2.05) is 13.8 Å². The van der Waals surface area contributed by atoms with E-state index in [1.54, 1.807) is 12.1 Å². The Bertz CT molecular complexity index is 1170. The van der Waals surface area contributed by atoms with Crippen molar-refractivity contribution in [2.45, 2.75) is 38.8 Å². The van der Waals surface area contributed by atoms with Gasteiger partial charge < -0.3 is 26.8 Å². The molecule has 180 valence electrons. The second-order valence-corrected chi connectivity index (χ2v) is 7.88. The van der Waals surface area contributed by atoms with E-state index >= 15 is 0 Å². The molecule has 1 aromatic carbocycles. The standard InChI is InChI=1S/C24H28F2N6O2/c1-4-5-20(13(2)27)31-24-19(26)12-17(22(28)33)23(32-24)30-14-8-9-29-21(10-14)16-11-15(34-3)6-7-18(16)25/h6-13,20H,4-5,27H2,1-3H3,(H2,28,33)(H2,29,30,31,32)/t13-,20+/m0/s1. The van der Waals surface area contributed by atoms with Crippen LogP contribution in [0.5, 0.6) is 5.75 Å². The number of amides is 1. The van der Waals surface area contributed by atoms with Gasteiger partial charge in [0, 0.05) is 29.5 Å². The van der Waals surface area contributed by atoms with E-state index < -0.39 is 17.5 Å². The number of ether oxygens (including phenoxy) is 1. The molecule has 2 atom stereocenters. The molecule has 1 amide bonds. The summed E-state index contributed by atoms with van der Waals surface area (Å²) in [5, 5.41) is 5.99. The minimum atomic E-state index is -0.856. The van der Waals surface area contributed by atoms with Crippen molar-refractivity contribution in [1.29, 1.82) is 0 Å². The quantitative estimate of drug-likeness (QED) is 0.350. The highest BCUT2D eigenvalue weighted by molar-refractivity contribution is 5.98. The molecule has 0 aliphatic carbocycles. The van der Waals surface area contributed by atoms with Gasteiger partial charge in [0.05, 0.1) is 18.4 Å². The number of rotatable bonds is 10. The fourth-order valence-electron chi connectivity index (χ4n) is 3.45. The molecule has 34 heavy (non-hydrogen) atoms. The van der Waals surface area contributed by atoms with Crippen LogP contribution in [0.15, 0.2) is 42.6 Å². The summed E-state index contributed by atoms with van der Waals surface area (Å²) >= 11 is 0. The van der Waals surface area contributed by atoms with E-state index in [9.17, 15) is 13.6 Å². The number of carbonyl (C=O) groups excluding carboxylic acids is 1. The van der Waals surface area contributed by atoms with Crippen molar-refractivity contribution >= 4 is 23.2 Å². The van der Waals surface area contributed by atoms with Crippen LogP contribution in [0.3, 0.4) is 0 Å². The Morgan fingerprint density at radius 2 is 1.91 bits per heavy atom. The van der Waals surface area contributed by atoms with Gasteiger partial charge in [-0.15, -0.1) is 0 Å². The Kier molecular flexibility index (Phi) is 7.95. The summed E-state index contributed by atoms with van der Waals surface area (Å²) in [6.45, 7) is 3.81. The Hall–Kier alpha value is -3.79. The van der Waals surface area contributed by atoms with Crippen LogP contribution in [0, 0.1) is 11.6 Å². The molecule has 0 radical (unpaired) electrons. The molecule has 3 rings (SSSR count). The fraction of sp³-hybridized carbons (Fsp3) is 0.292. The summed E-state index contributed by atoms with van der Waals surface area (Å²) in [6.07, 6.45) is 3.02. The van der Waals surface area contributed by atoms with E-state index in [0.29, 0.717) is 23.6 Å². The molecule has 0 spiro atoms. The molecular weight excluding hydrogens is 442 g/mol. The normalized spacial score (nSPS) is 12.6. The number of benzene rings is 1. The van der Waals surface area contributed by atoms with Crippen LogP contribution in [-0.4, -0.2) is 35.1 Å². The number of halogens is 2. The Morgan fingerprint density at radius 1 is 1.15 bits per heavy atom. The minimum absolute atomic E-state index is 0.0413. The van der Waals surface area contributed by atoms with Crippen LogP contribution in [0.2, 0.25) is 0 Å². The lowest BCUT2D eigenvalue weighted by Gasteiger charge is -2.23. The number of nitrogens with two attached hydrogens (primary N) is 2. The zero-order chi connectivity index (χ0) is 24.8. The van der Waals surface area contributed by atoms with Crippen LogP contribution in [0.4, 0.5) is 26.1 Å². The third-order valence-corrected chi connectivity index (χ3v) is 5.27. The predicted molar refractivity (Wildman–Crippen MR) is 128 cm³/mol. The van der Waals surface area contributed by atoms with Crippen molar-refractivity contribution in [1.82, 2.24) is 9.97 Å². The van der Waals surface area contributed by atoms with Gasteiger partial charge in [0.1, 0.15) is 17.4 Å². The van der Waals surface area contributed by atoms with E-state index in [-0.39, 0.29) is 34.8 Å². The Balaban J connectivity index is 1.99. The second kappa shape index (κ2) is 10.9. The number of nitrogens with zero attached hydrogens (tertiary/aromatic N) is 2. The number of hydrogen-bond donors (Lipinski definition) is 4. The first kappa shape index (κ1) is 24.8. The van der Waals surface area contributed by atoms with Gasteiger partial charge in [0.15, 0.2) is 11.6 Å². The lowest BCUT2D eigenvalue weighted by Crippen LogP contribution is -2.38. The molecule has 0 saturated carbocycles. The summed E-state index contributed by atoms with van der Waals surface area (Å²) in [5.74, 6) is -1.61. The number of aromatic nitrogens is 2. The molecule has 0 unspecified atom stereocenters. The molecule has 0 aliphatic rings. The smallest absolute Gasteiger partial charge is 0.252 e. The van der Waals surface area contributed by atoms with Crippen molar-refractivity contribution in [2.75, 3.05) is 17.7 Å². The van der Waals surface area contributed by atoms with Gasteiger partial charge in [-0.25, -0.2) is 13.8 Å². The average Bonchev–Trinajstić information content (AvgIpc) is 2.80. The summed E-state index contributed by atoms with van der Waals surface area (Å²) in [5.41, 5.74) is 12.3. The second-order valence-electron chi connectivity index (χ2n) is 7.88. The molecule has 10 heteroatoms. The van der Waals surface area contributed by atoms with Gasteiger partial charge in [0.25, 0.3) is 5.91 Å². The maximum atomic E-state index is 14.7. The Morgan fingerprint density at radius 3 is 2.56 bits per heavy atom. The Labute approximate surface area is 196 Å². The van der Waals surface area contributed by atoms with Crippen LogP contribution < -0.4 is 26.8 Å². The van der Waals surface area contributed by atoms with E-state index in [0.717, 1.165) is 12.5 Å². The van der Waals surface area contributed by atoms with Crippen LogP contribution >= 0.6 is 0 Å². The van der Waals surface area contributed by atoms with E-state index in [2.05, 4.69) is 20.6 Å². The van der Waals surface area contributed by atoms with Gasteiger partial charge in [-0.05, 0) is 49.7 Å². The first-order chi connectivity index (χ1) is 16.2. The molecule has 0 aliphatic heterocycles. The van der Waals surface area contributed by atoms with Crippen molar-refractivity contribution in [3.8, 4) is 17.0 Å². The van der Waals surface area contributed by atoms with Gasteiger partial charge >= 0.3 is 0 Å². The number of nitrogens with one attached hydrogen (secondary N) is 2. The molecular formula is C24H28F2N6O2. The van der Waals surface area contributed by atoms with Gasteiger partial charge in [-0.1, -0.05) is 13.3 Å². The molecule has 8 nitrogen and oxygen atoms in total. The van der Waals surface area contributed by atoms with Gasteiger partial charge in [-0.2, -0.15) is 0 Å². The molecule has 2 aromatic heterocycles. The van der Waals surface area contributed by atoms with Crippen LogP contribution in [-0.2, 0) is 0 Å². The largest absolute Gasteiger partial charge is 0.497 e. The van der Waals surface area contributed by atoms with Crippen molar-refractivity contribution in [2.24, 2.45) is 11.5 Å². The topological polar surface area (TPSA) is 128 Å². The third-order valence-electron chi connectivity index (χ3n) is 5.27. The lowest BCUT2D eigenvalue weighted by molar-refractivity contribution is 0.100. The highest BCUT2D eigenvalue weighted by Crippen LogP contribution is 2.29. The number of hydrogen-bond acceptors (Lipinski definition) is 7. The third kappa shape index (κ3) is 5.76. The fourth-order valence-corrected chi connectivity index (χ4v) is 3.45. The molecule has 6 N–H and O–H groups in total. The highest BCUT2D eigenvalue weighted by atomic mass is 19.1. The number of anilines is 3. The number of carbonyl (C=O) groups is 1. The van der Waals surface area contributed by atoms with Crippen LogP contribution in [0.1, 0.15) is 37.0 Å². The summed E-state index contributed by atoms with van der Waals surface area (Å²) in [6, 6.07) is 8.03. The maximum absolute atomic E-state index is 14.7. The van der Waals surface area contributed by atoms with Crippen molar-refractivity contribution < 1.29 is 18.3 Å². The number of methoxy groups -OCH3 is 1. The number of primary amides is 1. The summed E-state index contributed by atoms with van der Waals surface area (Å²) < 4.78 is 34.3. The van der Waals surface area contributed by atoms with Crippen LogP contribution in [0.25, 0.3) is 11.3 Å². The average molecular weight is 471 g/mol. The molecule has 0 fully saturated rings. The minimum Gasteiger partial charge on any atom is -0.497 e. The van der Waals surface area contributed by atoms with E-state index in [4.69, 9.17) is 16.2 Å². The highest BCUT2D eigenvalue weighted by Gasteiger charge is 2.20. The lowest BCUT2D eigenvalue weighted by atomic mass is 10.1.